The first kappa shape index (κ1) is 14.8. The molecule has 5 nitrogen and oxygen atoms in total. The number of amides is 1. The van der Waals surface area contributed by atoms with Gasteiger partial charge in [0.1, 0.15) is 5.75 Å². The normalized spacial score (nSPS) is 18.9. The molecule has 1 unspecified atom stereocenters. The van der Waals surface area contributed by atoms with E-state index in [9.17, 15) is 4.79 Å². The van der Waals surface area contributed by atoms with Gasteiger partial charge in [-0.3, -0.25) is 4.79 Å². The second kappa shape index (κ2) is 7.26. The standard InChI is InChI=1S/C15H22N2O3/c1-16-10-14-11-17(7-8-20-14)15(18)9-12-3-5-13(19-2)6-4-12/h3-6,14,16H,7-11H2,1-2H3. The highest BCUT2D eigenvalue weighted by Gasteiger charge is 2.23. The van der Waals surface area contributed by atoms with Crippen molar-refractivity contribution >= 4 is 5.91 Å². The van der Waals surface area contributed by atoms with Gasteiger partial charge in [0.15, 0.2) is 0 Å². The van der Waals surface area contributed by atoms with Crippen molar-refractivity contribution in [2.45, 2.75) is 12.5 Å². The molecule has 1 aliphatic heterocycles. The molecule has 5 heteroatoms. The van der Waals surface area contributed by atoms with Gasteiger partial charge in [-0.15, -0.1) is 0 Å². The molecule has 0 radical (unpaired) electrons. The third-order valence-corrected chi connectivity index (χ3v) is 3.44. The second-order valence-electron chi connectivity index (χ2n) is 4.92. The highest BCUT2D eigenvalue weighted by Crippen LogP contribution is 2.13. The van der Waals surface area contributed by atoms with Crippen LogP contribution in [0.3, 0.4) is 0 Å². The maximum absolute atomic E-state index is 12.3. The van der Waals surface area contributed by atoms with E-state index < -0.39 is 0 Å². The van der Waals surface area contributed by atoms with Crippen LogP contribution in [0.25, 0.3) is 0 Å². The smallest absolute Gasteiger partial charge is 0.227 e. The van der Waals surface area contributed by atoms with Crippen LogP contribution in [0.4, 0.5) is 0 Å². The van der Waals surface area contributed by atoms with Crippen LogP contribution in [0.5, 0.6) is 5.75 Å². The van der Waals surface area contributed by atoms with Gasteiger partial charge < -0.3 is 19.7 Å². The summed E-state index contributed by atoms with van der Waals surface area (Å²) in [6.07, 6.45) is 0.518. The van der Waals surface area contributed by atoms with Gasteiger partial charge in [-0.25, -0.2) is 0 Å². The van der Waals surface area contributed by atoms with Crippen molar-refractivity contribution in [2.75, 3.05) is 40.4 Å². The van der Waals surface area contributed by atoms with E-state index in [4.69, 9.17) is 9.47 Å². The van der Waals surface area contributed by atoms with Crippen LogP contribution in [-0.4, -0.2) is 57.3 Å². The Bertz CT molecular complexity index is 431. The summed E-state index contributed by atoms with van der Waals surface area (Å²) in [6, 6.07) is 7.63. The summed E-state index contributed by atoms with van der Waals surface area (Å²) in [5.74, 6) is 0.959. The highest BCUT2D eigenvalue weighted by atomic mass is 16.5. The molecule has 110 valence electrons. The monoisotopic (exact) mass is 278 g/mol. The Labute approximate surface area is 119 Å². The van der Waals surface area contributed by atoms with Gasteiger partial charge in [0.2, 0.25) is 5.91 Å². The Morgan fingerprint density at radius 3 is 2.85 bits per heavy atom. The van der Waals surface area contributed by atoms with Crippen molar-refractivity contribution in [3.8, 4) is 5.75 Å². The van der Waals surface area contributed by atoms with Gasteiger partial charge in [-0.05, 0) is 24.7 Å². The molecule has 1 atom stereocenters. The molecule has 0 saturated carbocycles. The zero-order valence-corrected chi connectivity index (χ0v) is 12.1. The summed E-state index contributed by atoms with van der Waals surface area (Å²) in [5.41, 5.74) is 1.01. The van der Waals surface area contributed by atoms with Crippen LogP contribution < -0.4 is 10.1 Å². The fraction of sp³-hybridized carbons (Fsp3) is 0.533. The lowest BCUT2D eigenvalue weighted by atomic mass is 10.1. The zero-order valence-electron chi connectivity index (χ0n) is 12.1. The summed E-state index contributed by atoms with van der Waals surface area (Å²) in [7, 11) is 3.53. The molecule has 1 aromatic carbocycles. The van der Waals surface area contributed by atoms with E-state index >= 15 is 0 Å². The average molecular weight is 278 g/mol. The molecular weight excluding hydrogens is 256 g/mol. The first-order valence-corrected chi connectivity index (χ1v) is 6.90. The largest absolute Gasteiger partial charge is 0.497 e. The number of nitrogens with zero attached hydrogens (tertiary/aromatic N) is 1. The molecule has 0 bridgehead atoms. The second-order valence-corrected chi connectivity index (χ2v) is 4.92. The maximum Gasteiger partial charge on any atom is 0.227 e. The lowest BCUT2D eigenvalue weighted by Crippen LogP contribution is -2.49. The molecule has 1 fully saturated rings. The fourth-order valence-corrected chi connectivity index (χ4v) is 2.33. The third kappa shape index (κ3) is 3.95. The zero-order chi connectivity index (χ0) is 14.4. The molecule has 1 heterocycles. The minimum Gasteiger partial charge on any atom is -0.497 e. The van der Waals surface area contributed by atoms with Gasteiger partial charge in [0.05, 0.1) is 26.2 Å². The Kier molecular flexibility index (Phi) is 5.38. The van der Waals surface area contributed by atoms with E-state index in [1.807, 2.05) is 36.2 Å². The summed E-state index contributed by atoms with van der Waals surface area (Å²) >= 11 is 0. The van der Waals surface area contributed by atoms with E-state index in [1.165, 1.54) is 0 Å². The maximum atomic E-state index is 12.3. The van der Waals surface area contributed by atoms with Gasteiger partial charge in [-0.2, -0.15) is 0 Å². The van der Waals surface area contributed by atoms with Crippen molar-refractivity contribution in [1.82, 2.24) is 10.2 Å². The number of methoxy groups -OCH3 is 1. The van der Waals surface area contributed by atoms with Crippen molar-refractivity contribution in [3.05, 3.63) is 29.8 Å². The molecule has 20 heavy (non-hydrogen) atoms. The van der Waals surface area contributed by atoms with Gasteiger partial charge in [0.25, 0.3) is 0 Å². The number of hydrogen-bond acceptors (Lipinski definition) is 4. The van der Waals surface area contributed by atoms with Crippen molar-refractivity contribution < 1.29 is 14.3 Å². The molecule has 2 rings (SSSR count). The van der Waals surface area contributed by atoms with Crippen LogP contribution >= 0.6 is 0 Å². The quantitative estimate of drug-likeness (QED) is 0.861. The van der Waals surface area contributed by atoms with Gasteiger partial charge >= 0.3 is 0 Å². The number of morpholine rings is 1. The van der Waals surface area contributed by atoms with E-state index in [1.54, 1.807) is 7.11 Å². The lowest BCUT2D eigenvalue weighted by Gasteiger charge is -2.33. The van der Waals surface area contributed by atoms with Gasteiger partial charge in [-0.1, -0.05) is 12.1 Å². The Morgan fingerprint density at radius 2 is 2.20 bits per heavy atom. The number of carbonyl (C=O) groups excluding carboxylic acids is 1. The summed E-state index contributed by atoms with van der Waals surface area (Å²) in [4.78, 5) is 14.2. The van der Waals surface area contributed by atoms with Gasteiger partial charge in [0, 0.05) is 19.6 Å². The summed E-state index contributed by atoms with van der Waals surface area (Å²) in [5, 5.41) is 3.08. The molecule has 1 aromatic rings. The Hall–Kier alpha value is -1.59. The SMILES string of the molecule is CNCC1CN(C(=O)Cc2ccc(OC)cc2)CCO1. The molecule has 0 aliphatic carbocycles. The summed E-state index contributed by atoms with van der Waals surface area (Å²) in [6.45, 7) is 2.72. The number of nitrogens with one attached hydrogen (secondary N) is 1. The number of rotatable bonds is 5. The van der Waals surface area contributed by atoms with Crippen LogP contribution in [0.2, 0.25) is 0 Å². The number of hydrogen-bond donors (Lipinski definition) is 1. The predicted octanol–water partition coefficient (Wildman–Crippen LogP) is 0.684. The molecule has 1 aliphatic rings. The van der Waals surface area contributed by atoms with Crippen LogP contribution in [0, 0.1) is 0 Å². The molecule has 0 spiro atoms. The van der Waals surface area contributed by atoms with Crippen LogP contribution in [-0.2, 0) is 16.0 Å². The van der Waals surface area contributed by atoms with Crippen molar-refractivity contribution in [1.29, 1.82) is 0 Å². The minimum atomic E-state index is 0.0913. The van der Waals surface area contributed by atoms with E-state index in [-0.39, 0.29) is 12.0 Å². The predicted molar refractivity (Wildman–Crippen MR) is 76.9 cm³/mol. The molecule has 1 saturated heterocycles. The van der Waals surface area contributed by atoms with Crippen molar-refractivity contribution in [2.24, 2.45) is 0 Å². The first-order valence-electron chi connectivity index (χ1n) is 6.90. The van der Waals surface area contributed by atoms with E-state index in [2.05, 4.69) is 5.32 Å². The highest BCUT2D eigenvalue weighted by molar-refractivity contribution is 5.79. The third-order valence-electron chi connectivity index (χ3n) is 3.44. The molecule has 1 amide bonds. The minimum absolute atomic E-state index is 0.0913. The molecular formula is C15H22N2O3. The number of carbonyl (C=O) groups is 1. The Balaban J connectivity index is 1.89. The summed E-state index contributed by atoms with van der Waals surface area (Å²) < 4.78 is 10.7. The van der Waals surface area contributed by atoms with Crippen LogP contribution in [0.1, 0.15) is 5.56 Å². The average Bonchev–Trinajstić information content (AvgIpc) is 2.48. The van der Waals surface area contributed by atoms with E-state index in [0.717, 1.165) is 17.9 Å². The van der Waals surface area contributed by atoms with Crippen molar-refractivity contribution in [3.63, 3.8) is 0 Å². The van der Waals surface area contributed by atoms with E-state index in [0.29, 0.717) is 26.1 Å². The lowest BCUT2D eigenvalue weighted by molar-refractivity contribution is -0.137. The Morgan fingerprint density at radius 1 is 1.45 bits per heavy atom. The number of benzene rings is 1. The molecule has 1 N–H and O–H groups in total. The molecule has 0 aromatic heterocycles. The first-order chi connectivity index (χ1) is 9.72. The van der Waals surface area contributed by atoms with Crippen LogP contribution in [0.15, 0.2) is 24.3 Å². The topological polar surface area (TPSA) is 50.8 Å². The fourth-order valence-electron chi connectivity index (χ4n) is 2.33. The number of likely N-dealkylation sites (N-methyl/N-ethyl adjacent to an activating group) is 1. The number of ether oxygens (including phenoxy) is 2.